The Kier molecular flexibility index (Phi) is 4.18. The number of hydrogen-bond donors (Lipinski definition) is 1. The number of halogens is 2. The first kappa shape index (κ1) is 14.4. The molecular formula is C14H21F2N3. The highest BCUT2D eigenvalue weighted by molar-refractivity contribution is 5.20. The van der Waals surface area contributed by atoms with Crippen molar-refractivity contribution in [3.05, 3.63) is 35.4 Å². The lowest BCUT2D eigenvalue weighted by molar-refractivity contribution is 0.0541. The van der Waals surface area contributed by atoms with E-state index >= 15 is 0 Å². The smallest absolute Gasteiger partial charge is 0.129 e. The minimum atomic E-state index is -0.611. The van der Waals surface area contributed by atoms with Gasteiger partial charge in [-0.05, 0) is 25.6 Å². The third kappa shape index (κ3) is 3.49. The van der Waals surface area contributed by atoms with E-state index in [1.807, 2.05) is 6.92 Å². The third-order valence-corrected chi connectivity index (χ3v) is 3.79. The molecule has 0 spiro atoms. The Morgan fingerprint density at radius 1 is 1.21 bits per heavy atom. The molecule has 19 heavy (non-hydrogen) atoms. The van der Waals surface area contributed by atoms with Crippen LogP contribution >= 0.6 is 0 Å². The summed E-state index contributed by atoms with van der Waals surface area (Å²) in [4.78, 5) is 4.40. The summed E-state index contributed by atoms with van der Waals surface area (Å²) < 4.78 is 26.6. The van der Waals surface area contributed by atoms with E-state index in [-0.39, 0.29) is 0 Å². The van der Waals surface area contributed by atoms with E-state index in [2.05, 4.69) is 16.8 Å². The summed E-state index contributed by atoms with van der Waals surface area (Å²) in [6.45, 7) is 5.55. The number of nitrogens with two attached hydrogens (primary N) is 1. The molecule has 1 saturated heterocycles. The number of hydrogen-bond acceptors (Lipinski definition) is 3. The summed E-state index contributed by atoms with van der Waals surface area (Å²) >= 11 is 0. The van der Waals surface area contributed by atoms with Crippen molar-refractivity contribution in [1.82, 2.24) is 9.80 Å². The Hall–Kier alpha value is -1.04. The second-order valence-electron chi connectivity index (χ2n) is 5.56. The van der Waals surface area contributed by atoms with Crippen molar-refractivity contribution < 1.29 is 8.78 Å². The van der Waals surface area contributed by atoms with Crippen LogP contribution in [0.25, 0.3) is 0 Å². The minimum absolute atomic E-state index is 0.378. The van der Waals surface area contributed by atoms with E-state index in [9.17, 15) is 8.78 Å². The first-order valence-electron chi connectivity index (χ1n) is 6.55. The maximum Gasteiger partial charge on any atom is 0.129 e. The molecule has 2 N–H and O–H groups in total. The summed E-state index contributed by atoms with van der Waals surface area (Å²) in [5, 5.41) is 0. The molecule has 1 aromatic rings. The van der Waals surface area contributed by atoms with Gasteiger partial charge in [-0.1, -0.05) is 6.07 Å². The van der Waals surface area contributed by atoms with E-state index in [0.717, 1.165) is 32.2 Å². The zero-order valence-electron chi connectivity index (χ0n) is 11.5. The molecular weight excluding hydrogens is 248 g/mol. The fourth-order valence-corrected chi connectivity index (χ4v) is 2.48. The van der Waals surface area contributed by atoms with Crippen molar-refractivity contribution >= 4 is 0 Å². The van der Waals surface area contributed by atoms with Gasteiger partial charge in [-0.3, -0.25) is 4.90 Å². The molecule has 0 aliphatic carbocycles. The Bertz CT molecular complexity index is 440. The van der Waals surface area contributed by atoms with Gasteiger partial charge in [-0.15, -0.1) is 0 Å². The van der Waals surface area contributed by atoms with Crippen LogP contribution < -0.4 is 5.73 Å². The number of rotatable bonds is 3. The van der Waals surface area contributed by atoms with E-state index in [1.165, 1.54) is 12.1 Å². The molecule has 0 saturated carbocycles. The van der Waals surface area contributed by atoms with Gasteiger partial charge >= 0.3 is 0 Å². The van der Waals surface area contributed by atoms with Crippen LogP contribution in [0, 0.1) is 11.6 Å². The van der Waals surface area contributed by atoms with E-state index in [4.69, 9.17) is 5.73 Å². The number of likely N-dealkylation sites (N-methyl/N-ethyl adjacent to an activating group) is 1. The fraction of sp³-hybridized carbons (Fsp3) is 0.571. The lowest BCUT2D eigenvalue weighted by Gasteiger charge is -2.43. The van der Waals surface area contributed by atoms with Crippen LogP contribution in [0.4, 0.5) is 8.78 Å². The SMILES string of the molecule is CN1CCN(C(C)(N)Cc2ccc(F)cc2F)CC1. The predicted molar refractivity (Wildman–Crippen MR) is 71.7 cm³/mol. The second-order valence-corrected chi connectivity index (χ2v) is 5.56. The molecule has 0 aromatic heterocycles. The van der Waals surface area contributed by atoms with Gasteiger partial charge in [0, 0.05) is 38.7 Å². The van der Waals surface area contributed by atoms with Gasteiger partial charge in [0.25, 0.3) is 0 Å². The Labute approximate surface area is 113 Å². The van der Waals surface area contributed by atoms with Gasteiger partial charge in [0.05, 0.1) is 5.66 Å². The molecule has 3 nitrogen and oxygen atoms in total. The summed E-state index contributed by atoms with van der Waals surface area (Å²) in [5.74, 6) is -1.08. The van der Waals surface area contributed by atoms with Crippen LogP contribution in [0.1, 0.15) is 12.5 Å². The van der Waals surface area contributed by atoms with Gasteiger partial charge < -0.3 is 10.6 Å². The Morgan fingerprint density at radius 2 is 1.84 bits per heavy atom. The van der Waals surface area contributed by atoms with E-state index < -0.39 is 17.3 Å². The lowest BCUT2D eigenvalue weighted by atomic mass is 9.99. The molecule has 0 amide bonds. The van der Waals surface area contributed by atoms with Crippen molar-refractivity contribution in [2.75, 3.05) is 33.2 Å². The molecule has 2 rings (SSSR count). The van der Waals surface area contributed by atoms with Crippen LogP contribution in [-0.2, 0) is 6.42 Å². The molecule has 106 valence electrons. The average Bonchev–Trinajstić information content (AvgIpc) is 2.33. The summed E-state index contributed by atoms with van der Waals surface area (Å²) in [7, 11) is 2.07. The third-order valence-electron chi connectivity index (χ3n) is 3.79. The number of benzene rings is 1. The highest BCUT2D eigenvalue weighted by atomic mass is 19.1. The second kappa shape index (κ2) is 5.53. The van der Waals surface area contributed by atoms with Gasteiger partial charge in [-0.2, -0.15) is 0 Å². The van der Waals surface area contributed by atoms with Crippen molar-refractivity contribution in [2.24, 2.45) is 5.73 Å². The monoisotopic (exact) mass is 269 g/mol. The van der Waals surface area contributed by atoms with Crippen LogP contribution in [0.15, 0.2) is 18.2 Å². The topological polar surface area (TPSA) is 32.5 Å². The first-order valence-corrected chi connectivity index (χ1v) is 6.55. The lowest BCUT2D eigenvalue weighted by Crippen LogP contribution is -2.60. The summed E-state index contributed by atoms with van der Waals surface area (Å²) in [6.07, 6.45) is 0.378. The maximum absolute atomic E-state index is 13.7. The predicted octanol–water partition coefficient (Wildman–Crippen LogP) is 1.43. The largest absolute Gasteiger partial charge is 0.313 e. The molecule has 0 radical (unpaired) electrons. The Morgan fingerprint density at radius 3 is 2.42 bits per heavy atom. The minimum Gasteiger partial charge on any atom is -0.313 e. The van der Waals surface area contributed by atoms with Gasteiger partial charge in [0.1, 0.15) is 11.6 Å². The quantitative estimate of drug-likeness (QED) is 0.901. The molecule has 1 unspecified atom stereocenters. The molecule has 1 fully saturated rings. The van der Waals surface area contributed by atoms with E-state index in [1.54, 1.807) is 0 Å². The first-order chi connectivity index (χ1) is 8.88. The van der Waals surface area contributed by atoms with Crippen LogP contribution in [0.2, 0.25) is 0 Å². The molecule has 1 heterocycles. The van der Waals surface area contributed by atoms with Gasteiger partial charge in [-0.25, -0.2) is 8.78 Å². The van der Waals surface area contributed by atoms with Crippen molar-refractivity contribution in [3.63, 3.8) is 0 Å². The van der Waals surface area contributed by atoms with Gasteiger partial charge in [0.15, 0.2) is 0 Å². The normalized spacial score (nSPS) is 21.3. The van der Waals surface area contributed by atoms with Crippen LogP contribution in [-0.4, -0.2) is 48.7 Å². The summed E-state index contributed by atoms with van der Waals surface area (Å²) in [5.41, 5.74) is 6.17. The molecule has 1 aliphatic heterocycles. The summed E-state index contributed by atoms with van der Waals surface area (Å²) in [6, 6.07) is 3.67. The Balaban J connectivity index is 2.07. The molecule has 1 aliphatic rings. The highest BCUT2D eigenvalue weighted by Crippen LogP contribution is 2.20. The molecule has 1 aromatic carbocycles. The van der Waals surface area contributed by atoms with Crippen molar-refractivity contribution in [2.45, 2.75) is 19.0 Å². The zero-order valence-corrected chi connectivity index (χ0v) is 11.5. The zero-order chi connectivity index (χ0) is 14.0. The number of piperazine rings is 1. The van der Waals surface area contributed by atoms with Gasteiger partial charge in [0.2, 0.25) is 0 Å². The van der Waals surface area contributed by atoms with Crippen molar-refractivity contribution in [1.29, 1.82) is 0 Å². The van der Waals surface area contributed by atoms with Crippen LogP contribution in [0.5, 0.6) is 0 Å². The standard InChI is InChI=1S/C14H21F2N3/c1-14(17,19-7-5-18(2)6-8-19)10-11-3-4-12(15)9-13(11)16/h3-4,9H,5-8,10,17H2,1-2H3. The van der Waals surface area contributed by atoms with Crippen LogP contribution in [0.3, 0.4) is 0 Å². The fourth-order valence-electron chi connectivity index (χ4n) is 2.48. The van der Waals surface area contributed by atoms with E-state index in [0.29, 0.717) is 12.0 Å². The maximum atomic E-state index is 13.7. The van der Waals surface area contributed by atoms with Crippen molar-refractivity contribution in [3.8, 4) is 0 Å². The molecule has 0 bridgehead atoms. The molecule has 1 atom stereocenters. The molecule has 5 heteroatoms. The average molecular weight is 269 g/mol. The highest BCUT2D eigenvalue weighted by Gasteiger charge is 2.30. The number of nitrogens with zero attached hydrogens (tertiary/aromatic N) is 2.